The largest absolute Gasteiger partial charge is 0.304 e. The molecule has 0 aliphatic heterocycles. The molecule has 0 fully saturated rings. The third-order valence-corrected chi connectivity index (χ3v) is 6.39. The van der Waals surface area contributed by atoms with Gasteiger partial charge in [-0.1, -0.05) is 59.9 Å². The van der Waals surface area contributed by atoms with Crippen LogP contribution >= 0.6 is 23.5 Å². The van der Waals surface area contributed by atoms with Crippen LogP contribution in [0.5, 0.6) is 0 Å². The van der Waals surface area contributed by atoms with E-state index < -0.39 is 11.8 Å². The highest BCUT2D eigenvalue weighted by Crippen LogP contribution is 2.21. The van der Waals surface area contributed by atoms with E-state index in [0.717, 1.165) is 34.9 Å². The van der Waals surface area contributed by atoms with Crippen LogP contribution in [0, 0.1) is 0 Å². The lowest BCUT2D eigenvalue weighted by atomic mass is 10.3. The van der Waals surface area contributed by atoms with Gasteiger partial charge in [-0.3, -0.25) is 9.59 Å². The zero-order valence-electron chi connectivity index (χ0n) is 18.7. The fourth-order valence-electron chi connectivity index (χ4n) is 2.95. The summed E-state index contributed by atoms with van der Waals surface area (Å²) in [7, 11) is 0. The fraction of sp³-hybridized carbons (Fsp3) is 0.100. The lowest BCUT2D eigenvalue weighted by molar-refractivity contribution is -0.114. The molecule has 3 aromatic heterocycles. The standard InChI is InChI=1S/C20H16N12O3S2/c33-15(11-36-19-23-27-29-31(19)13-7-3-1-4-8-13)21-17-18(26-35-25-17)22-16(34)12-37-20-24-28-30-32(20)14-9-5-2-6-10-14/h1-10H,11-12H2,(H,21,25,33)(H,22,26,34). The summed E-state index contributed by atoms with van der Waals surface area (Å²) in [6.45, 7) is 0. The summed E-state index contributed by atoms with van der Waals surface area (Å²) in [5.41, 5.74) is 1.52. The normalized spacial score (nSPS) is 10.8. The van der Waals surface area contributed by atoms with Crippen LogP contribution in [0.2, 0.25) is 0 Å². The number of nitrogens with one attached hydrogen (secondary N) is 2. The molecule has 2 amide bonds. The van der Waals surface area contributed by atoms with E-state index in [0.29, 0.717) is 10.3 Å². The molecule has 0 unspecified atom stereocenters. The number of nitrogens with zero attached hydrogens (tertiary/aromatic N) is 10. The number of carbonyl (C=O) groups is 2. The van der Waals surface area contributed by atoms with Gasteiger partial charge >= 0.3 is 0 Å². The lowest BCUT2D eigenvalue weighted by Gasteiger charge is -2.06. The molecule has 2 N–H and O–H groups in total. The van der Waals surface area contributed by atoms with Crippen LogP contribution in [0.25, 0.3) is 11.4 Å². The lowest BCUT2D eigenvalue weighted by Crippen LogP contribution is -2.19. The van der Waals surface area contributed by atoms with E-state index in [1.807, 2.05) is 60.7 Å². The van der Waals surface area contributed by atoms with Gasteiger partial charge in [-0.05, 0) is 55.4 Å². The monoisotopic (exact) mass is 536 g/mol. The van der Waals surface area contributed by atoms with Crippen LogP contribution in [0.15, 0.2) is 75.6 Å². The first-order valence-electron chi connectivity index (χ1n) is 10.5. The van der Waals surface area contributed by atoms with Crippen LogP contribution in [-0.2, 0) is 9.59 Å². The summed E-state index contributed by atoms with van der Waals surface area (Å²) in [5, 5.41) is 36.4. The number of tetrazole rings is 2. The second kappa shape index (κ2) is 11.4. The molecule has 0 aliphatic rings. The van der Waals surface area contributed by atoms with Crippen molar-refractivity contribution < 1.29 is 14.2 Å². The first-order valence-corrected chi connectivity index (χ1v) is 12.5. The molecule has 37 heavy (non-hydrogen) atoms. The Kier molecular flexibility index (Phi) is 7.42. The predicted molar refractivity (Wildman–Crippen MR) is 131 cm³/mol. The molecule has 0 bridgehead atoms. The average molecular weight is 537 g/mol. The molecule has 186 valence electrons. The highest BCUT2D eigenvalue weighted by atomic mass is 32.2. The molecule has 17 heteroatoms. The molecule has 0 radical (unpaired) electrons. The highest BCUT2D eigenvalue weighted by molar-refractivity contribution is 8.00. The maximum absolute atomic E-state index is 12.5. The van der Waals surface area contributed by atoms with Crippen molar-refractivity contribution in [1.29, 1.82) is 0 Å². The molecular formula is C20H16N12O3S2. The Hall–Kier alpha value is -4.64. The van der Waals surface area contributed by atoms with Gasteiger partial charge in [0.2, 0.25) is 33.8 Å². The van der Waals surface area contributed by atoms with Crippen LogP contribution in [-0.4, -0.2) is 74.0 Å². The van der Waals surface area contributed by atoms with Gasteiger partial charge in [-0.15, -0.1) is 10.2 Å². The Morgan fingerprint density at radius 2 is 1.14 bits per heavy atom. The Bertz CT molecular complexity index is 1380. The number of benzene rings is 2. The van der Waals surface area contributed by atoms with E-state index in [1.165, 1.54) is 9.36 Å². The second-order valence-corrected chi connectivity index (χ2v) is 8.94. The summed E-state index contributed by atoms with van der Waals surface area (Å²) < 4.78 is 7.73. The maximum Gasteiger partial charge on any atom is 0.236 e. The fourth-order valence-corrected chi connectivity index (χ4v) is 4.33. The zero-order valence-corrected chi connectivity index (χ0v) is 20.3. The van der Waals surface area contributed by atoms with Crippen LogP contribution in [0.1, 0.15) is 0 Å². The highest BCUT2D eigenvalue weighted by Gasteiger charge is 2.18. The SMILES string of the molecule is O=C(CSc1nnnn1-c1ccccc1)Nc1nonc1NC(=O)CSc1nnnn1-c1ccccc1. The van der Waals surface area contributed by atoms with E-state index in [4.69, 9.17) is 0 Å². The number of carbonyl (C=O) groups excluding carboxylic acids is 2. The summed E-state index contributed by atoms with van der Waals surface area (Å²) in [6, 6.07) is 18.6. The van der Waals surface area contributed by atoms with E-state index >= 15 is 0 Å². The van der Waals surface area contributed by atoms with Crippen molar-refractivity contribution in [3.05, 3.63) is 60.7 Å². The van der Waals surface area contributed by atoms with Gasteiger partial charge in [-0.2, -0.15) is 9.36 Å². The van der Waals surface area contributed by atoms with Crippen molar-refractivity contribution in [2.24, 2.45) is 0 Å². The van der Waals surface area contributed by atoms with Crippen molar-refractivity contribution in [3.8, 4) is 11.4 Å². The van der Waals surface area contributed by atoms with Crippen LogP contribution in [0.4, 0.5) is 11.6 Å². The van der Waals surface area contributed by atoms with Crippen molar-refractivity contribution in [2.45, 2.75) is 10.3 Å². The van der Waals surface area contributed by atoms with Gasteiger partial charge in [0, 0.05) is 0 Å². The van der Waals surface area contributed by atoms with Crippen LogP contribution in [0.3, 0.4) is 0 Å². The van der Waals surface area contributed by atoms with Gasteiger partial charge in [-0.25, -0.2) is 4.63 Å². The Balaban J connectivity index is 1.14. The molecule has 0 spiro atoms. The molecule has 0 saturated carbocycles. The van der Waals surface area contributed by atoms with Crippen LogP contribution < -0.4 is 10.6 Å². The summed E-state index contributed by atoms with van der Waals surface area (Å²) in [4.78, 5) is 25.0. The third kappa shape index (κ3) is 5.96. The van der Waals surface area contributed by atoms with Gasteiger partial charge in [0.1, 0.15) is 0 Å². The minimum Gasteiger partial charge on any atom is -0.304 e. The quantitative estimate of drug-likeness (QED) is 0.245. The van der Waals surface area contributed by atoms with Gasteiger partial charge in [0.05, 0.1) is 22.9 Å². The average Bonchev–Trinajstić information content (AvgIpc) is 3.69. The third-order valence-electron chi connectivity index (χ3n) is 4.55. The topological polar surface area (TPSA) is 184 Å². The second-order valence-electron chi connectivity index (χ2n) is 7.05. The Morgan fingerprint density at radius 1 is 0.703 bits per heavy atom. The number of anilines is 2. The first kappa shape index (κ1) is 24.1. The van der Waals surface area contributed by atoms with Gasteiger partial charge in [0.25, 0.3) is 0 Å². The van der Waals surface area contributed by atoms with E-state index in [9.17, 15) is 9.59 Å². The van der Waals surface area contributed by atoms with Gasteiger partial charge in [0.15, 0.2) is 0 Å². The molecular weight excluding hydrogens is 520 g/mol. The molecule has 2 aromatic carbocycles. The number of rotatable bonds is 10. The number of aromatic nitrogens is 10. The molecule has 5 aromatic rings. The molecule has 3 heterocycles. The molecule has 5 rings (SSSR count). The minimum atomic E-state index is -0.421. The smallest absolute Gasteiger partial charge is 0.236 e. The summed E-state index contributed by atoms with van der Waals surface area (Å²) in [6.07, 6.45) is 0. The summed E-state index contributed by atoms with van der Waals surface area (Å²) >= 11 is 2.26. The number of para-hydroxylation sites is 2. The van der Waals surface area contributed by atoms with Crippen molar-refractivity contribution in [1.82, 2.24) is 50.7 Å². The Labute approximate surface area is 216 Å². The zero-order chi connectivity index (χ0) is 25.5. The molecule has 0 atom stereocenters. The number of thioether (sulfide) groups is 2. The van der Waals surface area contributed by atoms with Crippen molar-refractivity contribution in [2.75, 3.05) is 22.1 Å². The van der Waals surface area contributed by atoms with Crippen molar-refractivity contribution >= 4 is 47.0 Å². The van der Waals surface area contributed by atoms with E-state index in [1.54, 1.807) is 0 Å². The Morgan fingerprint density at radius 3 is 1.57 bits per heavy atom. The number of hydrogen-bond donors (Lipinski definition) is 2. The maximum atomic E-state index is 12.5. The predicted octanol–water partition coefficient (Wildman–Crippen LogP) is 1.48. The first-order chi connectivity index (χ1) is 18.2. The molecule has 0 saturated heterocycles. The minimum absolute atomic E-state index is 0.0224. The molecule has 15 nitrogen and oxygen atoms in total. The van der Waals surface area contributed by atoms with E-state index in [2.05, 4.69) is 56.6 Å². The summed E-state index contributed by atoms with van der Waals surface area (Å²) in [5.74, 6) is -0.941. The number of hydrogen-bond acceptors (Lipinski definition) is 13. The van der Waals surface area contributed by atoms with Crippen molar-refractivity contribution in [3.63, 3.8) is 0 Å². The number of amides is 2. The van der Waals surface area contributed by atoms with E-state index in [-0.39, 0.29) is 23.1 Å². The van der Waals surface area contributed by atoms with Gasteiger partial charge < -0.3 is 10.6 Å². The molecule has 0 aliphatic carbocycles.